The molecule has 26 heavy (non-hydrogen) atoms. The first-order valence-electron chi connectivity index (χ1n) is 7.96. The number of carbonyl (C=O) groups is 1. The quantitative estimate of drug-likeness (QED) is 0.726. The van der Waals surface area contributed by atoms with Gasteiger partial charge in [-0.1, -0.05) is 35.9 Å². The fourth-order valence-corrected chi connectivity index (χ4v) is 4.95. The molecule has 1 aliphatic heterocycles. The Morgan fingerprint density at radius 3 is 2.62 bits per heavy atom. The molecule has 5 nitrogen and oxygen atoms in total. The van der Waals surface area contributed by atoms with Gasteiger partial charge in [0.2, 0.25) is 9.84 Å². The van der Waals surface area contributed by atoms with Crippen molar-refractivity contribution in [3.63, 3.8) is 0 Å². The molecule has 0 atom stereocenters. The van der Waals surface area contributed by atoms with Gasteiger partial charge in [0.05, 0.1) is 16.1 Å². The van der Waals surface area contributed by atoms with Gasteiger partial charge in [-0.2, -0.15) is 0 Å². The maximum absolute atomic E-state index is 13.1. The molecule has 4 rings (SSSR count). The zero-order valence-electron chi connectivity index (χ0n) is 13.9. The van der Waals surface area contributed by atoms with Crippen LogP contribution < -0.4 is 5.32 Å². The monoisotopic (exact) mass is 386 g/mol. The van der Waals surface area contributed by atoms with E-state index in [1.165, 1.54) is 18.3 Å². The predicted octanol–water partition coefficient (Wildman–Crippen LogP) is 3.90. The molecule has 3 aromatic rings. The number of hydrogen-bond donors (Lipinski definition) is 1. The zero-order chi connectivity index (χ0) is 18.5. The van der Waals surface area contributed by atoms with Gasteiger partial charge in [-0.05, 0) is 36.2 Å². The molecule has 1 N–H and O–H groups in total. The van der Waals surface area contributed by atoms with Crippen LogP contribution >= 0.6 is 11.6 Å². The number of anilines is 1. The Morgan fingerprint density at radius 2 is 1.85 bits per heavy atom. The molecule has 2 heterocycles. The molecule has 1 aliphatic rings. The molecule has 1 amide bonds. The van der Waals surface area contributed by atoms with Crippen molar-refractivity contribution in [3.8, 4) is 0 Å². The van der Waals surface area contributed by atoms with Crippen LogP contribution in [0.3, 0.4) is 0 Å². The second kappa shape index (κ2) is 6.00. The standard InChI is InChI=1S/C19H15ClN2O3S/c1-12-4-2-3-5-13(12)9-22-10-15-18(11-22)26(24,25)17-8-14(20)6-7-16(17)21-19(15)23/h2-8,10-11H,9H2,1H3,(H,21,23). The van der Waals surface area contributed by atoms with E-state index in [1.54, 1.807) is 16.8 Å². The molecule has 0 bridgehead atoms. The van der Waals surface area contributed by atoms with E-state index in [-0.39, 0.29) is 21.0 Å². The number of carbonyl (C=O) groups excluding carboxylic acids is 1. The number of nitrogens with zero attached hydrogens (tertiary/aromatic N) is 1. The number of hydrogen-bond acceptors (Lipinski definition) is 3. The molecular weight excluding hydrogens is 372 g/mol. The maximum atomic E-state index is 13.1. The van der Waals surface area contributed by atoms with Gasteiger partial charge in [0.25, 0.3) is 5.91 Å². The highest BCUT2D eigenvalue weighted by Gasteiger charge is 2.33. The van der Waals surface area contributed by atoms with E-state index in [1.807, 2.05) is 31.2 Å². The molecule has 7 heteroatoms. The van der Waals surface area contributed by atoms with Crippen LogP contribution in [0, 0.1) is 6.92 Å². The molecule has 1 aromatic heterocycles. The SMILES string of the molecule is Cc1ccccc1Cn1cc2c(c1)S(=O)(=O)c1cc(Cl)ccc1NC2=O. The lowest BCUT2D eigenvalue weighted by Crippen LogP contribution is -2.11. The van der Waals surface area contributed by atoms with E-state index in [4.69, 9.17) is 11.6 Å². The van der Waals surface area contributed by atoms with Crippen molar-refractivity contribution in [2.75, 3.05) is 5.32 Å². The Labute approximate surface area is 156 Å². The second-order valence-corrected chi connectivity index (χ2v) is 8.56. The van der Waals surface area contributed by atoms with E-state index in [9.17, 15) is 13.2 Å². The number of sulfone groups is 1. The number of rotatable bonds is 2. The Bertz CT molecular complexity index is 1150. The normalized spacial score (nSPS) is 14.9. The first kappa shape index (κ1) is 16.9. The molecule has 0 unspecified atom stereocenters. The van der Waals surface area contributed by atoms with Gasteiger partial charge < -0.3 is 9.88 Å². The molecule has 0 saturated heterocycles. The maximum Gasteiger partial charge on any atom is 0.258 e. The molecule has 0 radical (unpaired) electrons. The zero-order valence-corrected chi connectivity index (χ0v) is 15.4. The van der Waals surface area contributed by atoms with Crippen molar-refractivity contribution in [1.82, 2.24) is 4.57 Å². The second-order valence-electron chi connectivity index (χ2n) is 6.23. The number of benzene rings is 2. The summed E-state index contributed by atoms with van der Waals surface area (Å²) >= 11 is 5.97. The molecule has 0 spiro atoms. The largest absolute Gasteiger partial charge is 0.348 e. The summed E-state index contributed by atoms with van der Waals surface area (Å²) in [7, 11) is -3.86. The minimum absolute atomic E-state index is 0.00532. The lowest BCUT2D eigenvalue weighted by atomic mass is 10.1. The number of fused-ring (bicyclic) bond motifs is 2. The molecule has 0 aliphatic carbocycles. The van der Waals surface area contributed by atoms with Gasteiger partial charge in [0.15, 0.2) is 0 Å². The van der Waals surface area contributed by atoms with Crippen molar-refractivity contribution in [2.24, 2.45) is 0 Å². The molecular formula is C19H15ClN2O3S. The highest BCUT2D eigenvalue weighted by molar-refractivity contribution is 7.91. The molecule has 2 aromatic carbocycles. The van der Waals surface area contributed by atoms with E-state index in [0.29, 0.717) is 11.6 Å². The van der Waals surface area contributed by atoms with E-state index < -0.39 is 15.7 Å². The van der Waals surface area contributed by atoms with Crippen LogP contribution in [0.4, 0.5) is 5.69 Å². The van der Waals surface area contributed by atoms with Crippen LogP contribution in [0.1, 0.15) is 21.5 Å². The number of aromatic nitrogens is 1. The summed E-state index contributed by atoms with van der Waals surface area (Å²) in [6.45, 7) is 2.47. The van der Waals surface area contributed by atoms with Gasteiger partial charge in [-0.15, -0.1) is 0 Å². The van der Waals surface area contributed by atoms with E-state index in [0.717, 1.165) is 11.1 Å². The van der Waals surface area contributed by atoms with Gasteiger partial charge in [0.1, 0.15) is 4.90 Å². The summed E-state index contributed by atoms with van der Waals surface area (Å²) in [5.74, 6) is -0.451. The highest BCUT2D eigenvalue weighted by Crippen LogP contribution is 2.35. The van der Waals surface area contributed by atoms with Crippen LogP contribution in [0.25, 0.3) is 0 Å². The lowest BCUT2D eigenvalue weighted by molar-refractivity contribution is 0.102. The van der Waals surface area contributed by atoms with Gasteiger partial charge >= 0.3 is 0 Å². The summed E-state index contributed by atoms with van der Waals surface area (Å²) in [5.41, 5.74) is 2.52. The van der Waals surface area contributed by atoms with Crippen molar-refractivity contribution >= 4 is 33.0 Å². The Morgan fingerprint density at radius 1 is 1.08 bits per heavy atom. The number of nitrogens with one attached hydrogen (secondary N) is 1. The first-order valence-corrected chi connectivity index (χ1v) is 9.82. The summed E-state index contributed by atoms with van der Waals surface area (Å²) in [6, 6.07) is 12.3. The van der Waals surface area contributed by atoms with Crippen LogP contribution in [0.5, 0.6) is 0 Å². The number of aryl methyl sites for hydroxylation is 1. The highest BCUT2D eigenvalue weighted by atomic mass is 35.5. The van der Waals surface area contributed by atoms with Crippen molar-refractivity contribution < 1.29 is 13.2 Å². The molecule has 0 fully saturated rings. The summed E-state index contributed by atoms with van der Waals surface area (Å²) < 4.78 is 27.9. The minimum Gasteiger partial charge on any atom is -0.348 e. The molecule has 132 valence electrons. The number of amides is 1. The third kappa shape index (κ3) is 2.71. The first-order chi connectivity index (χ1) is 12.4. The lowest BCUT2D eigenvalue weighted by Gasteiger charge is -2.09. The van der Waals surface area contributed by atoms with Crippen molar-refractivity contribution in [1.29, 1.82) is 0 Å². The molecule has 0 saturated carbocycles. The van der Waals surface area contributed by atoms with Crippen molar-refractivity contribution in [2.45, 2.75) is 23.3 Å². The third-order valence-corrected chi connectivity index (χ3v) is 6.53. The Balaban J connectivity index is 1.85. The fraction of sp³-hybridized carbons (Fsp3) is 0.105. The Kier molecular flexibility index (Phi) is 3.89. The topological polar surface area (TPSA) is 68.2 Å². The van der Waals surface area contributed by atoms with E-state index >= 15 is 0 Å². The van der Waals surface area contributed by atoms with Crippen molar-refractivity contribution in [3.05, 3.63) is 76.6 Å². The van der Waals surface area contributed by atoms with Gasteiger partial charge in [-0.3, -0.25) is 4.79 Å². The Hall–Kier alpha value is -2.57. The van der Waals surface area contributed by atoms with Gasteiger partial charge in [-0.25, -0.2) is 8.42 Å². The third-order valence-electron chi connectivity index (χ3n) is 4.47. The van der Waals surface area contributed by atoms with Crippen LogP contribution in [-0.4, -0.2) is 18.9 Å². The average molecular weight is 387 g/mol. The van der Waals surface area contributed by atoms with Crippen LogP contribution in [-0.2, 0) is 16.4 Å². The van der Waals surface area contributed by atoms with Crippen LogP contribution in [0.2, 0.25) is 5.02 Å². The summed E-state index contributed by atoms with van der Waals surface area (Å²) in [6.07, 6.45) is 3.08. The summed E-state index contributed by atoms with van der Waals surface area (Å²) in [4.78, 5) is 12.5. The number of halogens is 1. The predicted molar refractivity (Wildman–Crippen MR) is 99.6 cm³/mol. The van der Waals surface area contributed by atoms with Gasteiger partial charge in [0, 0.05) is 24.0 Å². The minimum atomic E-state index is -3.86. The van der Waals surface area contributed by atoms with Crippen LogP contribution in [0.15, 0.2) is 64.6 Å². The summed E-state index contributed by atoms with van der Waals surface area (Å²) in [5, 5.41) is 2.96. The van der Waals surface area contributed by atoms with E-state index in [2.05, 4.69) is 5.32 Å². The smallest absolute Gasteiger partial charge is 0.258 e. The average Bonchev–Trinajstić information content (AvgIpc) is 3.00. The fourth-order valence-electron chi connectivity index (χ4n) is 3.08.